The molecule has 0 bridgehead atoms. The summed E-state index contributed by atoms with van der Waals surface area (Å²) < 4.78 is 3.10. The maximum Gasteiger partial charge on any atom is 0.226 e. The highest BCUT2D eigenvalue weighted by molar-refractivity contribution is 9.10. The van der Waals surface area contributed by atoms with E-state index < -0.39 is 0 Å². The van der Waals surface area contributed by atoms with Crippen molar-refractivity contribution >= 4 is 78.7 Å². The molecule has 0 spiro atoms. The number of nitrogens with two attached hydrogens (primary N) is 1. The van der Waals surface area contributed by atoms with Crippen LogP contribution in [0, 0.1) is 13.8 Å². The van der Waals surface area contributed by atoms with Crippen LogP contribution in [-0.2, 0) is 0 Å². The zero-order valence-electron chi connectivity index (χ0n) is 26.5. The van der Waals surface area contributed by atoms with Crippen molar-refractivity contribution in [2.75, 3.05) is 77.8 Å². The minimum atomic E-state index is 0.510. The molecule has 2 aliphatic heterocycles. The fourth-order valence-corrected chi connectivity index (χ4v) is 8.14. The van der Waals surface area contributed by atoms with Crippen molar-refractivity contribution in [2.45, 2.75) is 34.2 Å². The van der Waals surface area contributed by atoms with Gasteiger partial charge in [-0.25, -0.2) is 24.6 Å². The zero-order valence-corrected chi connectivity index (χ0v) is 31.3. The topological polar surface area (TPSA) is 121 Å². The van der Waals surface area contributed by atoms with Crippen molar-refractivity contribution < 1.29 is 0 Å². The molecule has 0 radical (unpaired) electrons. The Kier molecular flexibility index (Phi) is 9.93. The van der Waals surface area contributed by atoms with Gasteiger partial charge in [0.15, 0.2) is 0 Å². The molecule has 2 fully saturated rings. The number of anilines is 4. The van der Waals surface area contributed by atoms with Gasteiger partial charge < -0.3 is 25.4 Å². The van der Waals surface area contributed by atoms with Gasteiger partial charge in [-0.15, -0.1) is 10.2 Å². The normalized spacial score (nSPS) is 15.3. The summed E-state index contributed by atoms with van der Waals surface area (Å²) in [5.74, 6) is 7.97. The zero-order chi connectivity index (χ0) is 33.2. The molecule has 2 N–H and O–H groups in total. The van der Waals surface area contributed by atoms with Crippen LogP contribution >= 0.6 is 55.4 Å². The second-order valence-electron chi connectivity index (χ2n) is 11.4. The van der Waals surface area contributed by atoms with Crippen molar-refractivity contribution in [3.63, 3.8) is 0 Å². The van der Waals surface area contributed by atoms with Gasteiger partial charge in [0.25, 0.3) is 0 Å². The predicted octanol–water partition coefficient (Wildman–Crippen LogP) is 5.67. The molecule has 248 valence electrons. The molecule has 2 saturated heterocycles. The third kappa shape index (κ3) is 7.07. The lowest BCUT2D eigenvalue weighted by Gasteiger charge is -2.36. The SMILES string of the molecule is Cc1nc(N2CCN(c3ccccc3)CC2)nc(Sc2nnc(Sc3nc(N4CCN(c5ccccc5)CC4)nc(C)c3Br)n2N)c1Br. The number of aryl methyl sites for hydroxylation is 2. The lowest BCUT2D eigenvalue weighted by molar-refractivity contribution is 0.635. The van der Waals surface area contributed by atoms with Crippen LogP contribution in [0.1, 0.15) is 11.4 Å². The third-order valence-electron chi connectivity index (χ3n) is 8.33. The van der Waals surface area contributed by atoms with E-state index in [2.05, 4.69) is 110 Å². The van der Waals surface area contributed by atoms with E-state index in [0.717, 1.165) is 82.7 Å². The number of hydrogen-bond donors (Lipinski definition) is 1. The minimum absolute atomic E-state index is 0.510. The van der Waals surface area contributed by atoms with E-state index in [1.807, 2.05) is 26.0 Å². The Balaban J connectivity index is 1.04. The summed E-state index contributed by atoms with van der Waals surface area (Å²) in [6.07, 6.45) is 0. The number of rotatable bonds is 8. The van der Waals surface area contributed by atoms with Crippen LogP contribution in [0.15, 0.2) is 90.0 Å². The molecule has 48 heavy (non-hydrogen) atoms. The number of nitrogen functional groups attached to an aromatic ring is 1. The first-order valence-corrected chi connectivity index (χ1v) is 18.8. The van der Waals surface area contributed by atoms with E-state index in [1.165, 1.54) is 39.6 Å². The molecule has 0 atom stereocenters. The van der Waals surface area contributed by atoms with Crippen LogP contribution in [-0.4, -0.2) is 87.2 Å². The largest absolute Gasteiger partial charge is 0.368 e. The second kappa shape index (κ2) is 14.5. The van der Waals surface area contributed by atoms with E-state index in [4.69, 9.17) is 25.8 Å². The summed E-state index contributed by atoms with van der Waals surface area (Å²) in [4.78, 5) is 28.7. The summed E-state index contributed by atoms with van der Waals surface area (Å²) >= 11 is 10.1. The van der Waals surface area contributed by atoms with Gasteiger partial charge in [-0.3, -0.25) is 0 Å². The molecule has 5 aromatic rings. The standard InChI is InChI=1S/C32H34Br2N12S2/c1-21-25(33)27(38-29(36-21)44-17-13-42(14-18-44)23-9-5-3-6-10-23)47-31-40-41-32(46(31)35)48-28-26(34)22(2)37-30(39-28)45-19-15-43(16-20-45)24-11-7-4-8-12-24/h3-12H,13-20,35H2,1-2H3. The monoisotopic (exact) mass is 808 g/mol. The fraction of sp³-hybridized carbons (Fsp3) is 0.312. The van der Waals surface area contributed by atoms with Crippen LogP contribution in [0.2, 0.25) is 0 Å². The average Bonchev–Trinajstić information content (AvgIpc) is 3.47. The van der Waals surface area contributed by atoms with Crippen molar-refractivity contribution in [1.29, 1.82) is 0 Å². The molecular formula is C32H34Br2N12S2. The minimum Gasteiger partial charge on any atom is -0.368 e. The Labute approximate surface area is 304 Å². The molecule has 0 unspecified atom stereocenters. The molecule has 7 rings (SSSR count). The van der Waals surface area contributed by atoms with Gasteiger partial charge >= 0.3 is 0 Å². The third-order valence-corrected chi connectivity index (χ3v) is 12.6. The van der Waals surface area contributed by atoms with Gasteiger partial charge in [0.2, 0.25) is 22.2 Å². The summed E-state index contributed by atoms with van der Waals surface area (Å²) in [6.45, 7) is 10.8. The number of halogens is 2. The Morgan fingerprint density at radius 2 is 0.896 bits per heavy atom. The molecule has 3 aromatic heterocycles. The molecule has 0 amide bonds. The maximum atomic E-state index is 6.58. The predicted molar refractivity (Wildman–Crippen MR) is 199 cm³/mol. The van der Waals surface area contributed by atoms with Crippen molar-refractivity contribution in [3.8, 4) is 0 Å². The van der Waals surface area contributed by atoms with Gasteiger partial charge in [0.1, 0.15) is 10.1 Å². The number of nitrogens with zero attached hydrogens (tertiary/aromatic N) is 11. The second-order valence-corrected chi connectivity index (χ2v) is 14.9. The Bertz CT molecular complexity index is 1750. The lowest BCUT2D eigenvalue weighted by Crippen LogP contribution is -2.47. The van der Waals surface area contributed by atoms with Crippen molar-refractivity contribution in [2.24, 2.45) is 0 Å². The highest BCUT2D eigenvalue weighted by atomic mass is 79.9. The van der Waals surface area contributed by atoms with E-state index in [9.17, 15) is 0 Å². The van der Waals surface area contributed by atoms with Crippen molar-refractivity contribution in [3.05, 3.63) is 81.0 Å². The van der Waals surface area contributed by atoms with Crippen LogP contribution < -0.4 is 25.4 Å². The summed E-state index contributed by atoms with van der Waals surface area (Å²) in [7, 11) is 0. The molecule has 16 heteroatoms. The average molecular weight is 811 g/mol. The number of aromatic nitrogens is 7. The summed E-state index contributed by atoms with van der Waals surface area (Å²) in [6, 6.07) is 21.0. The summed E-state index contributed by atoms with van der Waals surface area (Å²) in [5.41, 5.74) is 4.17. The first kappa shape index (κ1) is 32.9. The molecular weight excluding hydrogens is 776 g/mol. The van der Waals surface area contributed by atoms with E-state index in [-0.39, 0.29) is 0 Å². The first-order valence-electron chi connectivity index (χ1n) is 15.6. The van der Waals surface area contributed by atoms with Gasteiger partial charge in [-0.2, -0.15) is 0 Å². The van der Waals surface area contributed by atoms with Gasteiger partial charge in [-0.1, -0.05) is 36.4 Å². The van der Waals surface area contributed by atoms with Gasteiger partial charge in [0.05, 0.1) is 20.3 Å². The van der Waals surface area contributed by atoms with Gasteiger partial charge in [-0.05, 0) is 93.5 Å². The Morgan fingerprint density at radius 3 is 1.27 bits per heavy atom. The number of hydrogen-bond acceptors (Lipinski definition) is 13. The smallest absolute Gasteiger partial charge is 0.226 e. The molecule has 2 aromatic carbocycles. The number of para-hydroxylation sites is 2. The molecule has 2 aliphatic rings. The fourth-order valence-electron chi connectivity index (χ4n) is 5.64. The van der Waals surface area contributed by atoms with E-state index in [1.54, 1.807) is 0 Å². The van der Waals surface area contributed by atoms with Gasteiger partial charge in [0, 0.05) is 63.7 Å². The van der Waals surface area contributed by atoms with Crippen LogP contribution in [0.5, 0.6) is 0 Å². The first-order chi connectivity index (χ1) is 23.3. The highest BCUT2D eigenvalue weighted by Crippen LogP contribution is 2.37. The van der Waals surface area contributed by atoms with Crippen LogP contribution in [0.3, 0.4) is 0 Å². The van der Waals surface area contributed by atoms with E-state index >= 15 is 0 Å². The maximum absolute atomic E-state index is 6.58. The number of piperazine rings is 2. The Hall–Kier alpha value is -3.60. The molecule has 12 nitrogen and oxygen atoms in total. The Morgan fingerprint density at radius 1 is 0.542 bits per heavy atom. The number of benzene rings is 2. The lowest BCUT2D eigenvalue weighted by atomic mass is 10.2. The van der Waals surface area contributed by atoms with E-state index in [0.29, 0.717) is 22.2 Å². The van der Waals surface area contributed by atoms with Crippen LogP contribution in [0.4, 0.5) is 23.3 Å². The summed E-state index contributed by atoms with van der Waals surface area (Å²) in [5, 5.41) is 11.3. The molecule has 5 heterocycles. The molecule has 0 saturated carbocycles. The highest BCUT2D eigenvalue weighted by Gasteiger charge is 2.25. The van der Waals surface area contributed by atoms with Crippen molar-refractivity contribution in [1.82, 2.24) is 34.8 Å². The van der Waals surface area contributed by atoms with Crippen LogP contribution in [0.25, 0.3) is 0 Å². The quantitative estimate of drug-likeness (QED) is 0.153. The molecule has 0 aliphatic carbocycles.